The molecule has 9 heteroatoms. The van der Waals surface area contributed by atoms with Crippen molar-refractivity contribution in [2.75, 3.05) is 25.0 Å². The molecule has 0 radical (unpaired) electrons. The van der Waals surface area contributed by atoms with E-state index < -0.39 is 12.0 Å². The van der Waals surface area contributed by atoms with Gasteiger partial charge in [0, 0.05) is 32.4 Å². The molecule has 32 heavy (non-hydrogen) atoms. The van der Waals surface area contributed by atoms with Gasteiger partial charge in [-0.2, -0.15) is 13.2 Å². The van der Waals surface area contributed by atoms with Crippen molar-refractivity contribution in [1.82, 2.24) is 14.5 Å². The van der Waals surface area contributed by atoms with E-state index in [9.17, 15) is 22.8 Å². The molecule has 3 aromatic rings. The Morgan fingerprint density at radius 1 is 1.00 bits per heavy atom. The number of imide groups is 1. The first kappa shape index (κ1) is 20.5. The van der Waals surface area contributed by atoms with Gasteiger partial charge in [0.15, 0.2) is 0 Å². The lowest BCUT2D eigenvalue weighted by atomic mass is 9.95. The van der Waals surface area contributed by atoms with Crippen LogP contribution < -0.4 is 4.90 Å². The summed E-state index contributed by atoms with van der Waals surface area (Å²) in [6.07, 6.45) is -3.08. The van der Waals surface area contributed by atoms with Crippen LogP contribution in [0.4, 0.5) is 18.9 Å². The SMILES string of the molecule is CN1C(=O)c2ccc(N3CCC(Cn4c(C(F)(F)F)nc5ccccc54)CC3)cc2C1=O. The minimum atomic E-state index is -4.51. The van der Waals surface area contributed by atoms with Crippen molar-refractivity contribution in [3.8, 4) is 0 Å². The van der Waals surface area contributed by atoms with Crippen LogP contribution in [0, 0.1) is 5.92 Å². The smallest absolute Gasteiger partial charge is 0.371 e. The molecule has 2 amide bonds. The van der Waals surface area contributed by atoms with Crippen LogP contribution in [0.15, 0.2) is 42.5 Å². The third kappa shape index (κ3) is 3.32. The van der Waals surface area contributed by atoms with Crippen LogP contribution in [0.3, 0.4) is 0 Å². The van der Waals surface area contributed by atoms with Crippen molar-refractivity contribution < 1.29 is 22.8 Å². The van der Waals surface area contributed by atoms with E-state index in [2.05, 4.69) is 9.88 Å². The number of hydrogen-bond donors (Lipinski definition) is 0. The highest BCUT2D eigenvalue weighted by atomic mass is 19.4. The van der Waals surface area contributed by atoms with Crippen LogP contribution in [-0.4, -0.2) is 46.4 Å². The summed E-state index contributed by atoms with van der Waals surface area (Å²) in [6.45, 7) is 1.58. The van der Waals surface area contributed by atoms with Gasteiger partial charge < -0.3 is 9.47 Å². The Kier molecular flexibility index (Phi) is 4.72. The molecule has 1 fully saturated rings. The summed E-state index contributed by atoms with van der Waals surface area (Å²) in [5, 5.41) is 0. The van der Waals surface area contributed by atoms with E-state index in [0.29, 0.717) is 48.1 Å². The maximum atomic E-state index is 13.6. The fraction of sp³-hybridized carbons (Fsp3) is 0.348. The Bertz CT molecular complexity index is 1230. The lowest BCUT2D eigenvalue weighted by molar-refractivity contribution is -0.147. The van der Waals surface area contributed by atoms with Crippen LogP contribution in [0.25, 0.3) is 11.0 Å². The molecular weight excluding hydrogens is 421 g/mol. The van der Waals surface area contributed by atoms with Crippen LogP contribution in [0.2, 0.25) is 0 Å². The Morgan fingerprint density at radius 3 is 2.41 bits per heavy atom. The maximum Gasteiger partial charge on any atom is 0.449 e. The molecule has 6 nitrogen and oxygen atoms in total. The zero-order valence-electron chi connectivity index (χ0n) is 17.4. The summed E-state index contributed by atoms with van der Waals surface area (Å²) < 4.78 is 42.0. The molecule has 0 N–H and O–H groups in total. The number of piperidine rings is 1. The standard InChI is InChI=1S/C23H21F3N4O2/c1-28-20(31)16-7-6-15(12-17(16)21(28)32)29-10-8-14(9-11-29)13-30-19-5-3-2-4-18(19)27-22(30)23(24,25)26/h2-7,12,14H,8-11,13H2,1H3. The first-order chi connectivity index (χ1) is 15.2. The number of carbonyl (C=O) groups excluding carboxylic acids is 2. The van der Waals surface area contributed by atoms with E-state index >= 15 is 0 Å². The number of fused-ring (bicyclic) bond motifs is 2. The predicted octanol–water partition coefficient (Wildman–Crippen LogP) is 4.20. The second kappa shape index (κ2) is 7.36. The van der Waals surface area contributed by atoms with Gasteiger partial charge >= 0.3 is 6.18 Å². The number of alkyl halides is 3. The van der Waals surface area contributed by atoms with E-state index in [1.54, 1.807) is 36.4 Å². The van der Waals surface area contributed by atoms with Crippen molar-refractivity contribution in [2.24, 2.45) is 5.92 Å². The number of carbonyl (C=O) groups is 2. The summed E-state index contributed by atoms with van der Waals surface area (Å²) >= 11 is 0. The number of halogens is 3. The van der Waals surface area contributed by atoms with Crippen molar-refractivity contribution in [3.63, 3.8) is 0 Å². The van der Waals surface area contributed by atoms with E-state index in [-0.39, 0.29) is 24.3 Å². The van der Waals surface area contributed by atoms with E-state index in [4.69, 9.17) is 0 Å². The Balaban J connectivity index is 1.33. The molecule has 0 unspecified atom stereocenters. The van der Waals surface area contributed by atoms with Gasteiger partial charge in [-0.1, -0.05) is 12.1 Å². The number of rotatable bonds is 3. The number of imidazole rings is 1. The van der Waals surface area contributed by atoms with Crippen molar-refractivity contribution in [2.45, 2.75) is 25.6 Å². The molecule has 2 aliphatic heterocycles. The molecule has 0 bridgehead atoms. The molecule has 1 saturated heterocycles. The molecule has 5 rings (SSSR count). The first-order valence-corrected chi connectivity index (χ1v) is 10.5. The van der Waals surface area contributed by atoms with Gasteiger partial charge in [-0.05, 0) is 49.1 Å². The maximum absolute atomic E-state index is 13.6. The van der Waals surface area contributed by atoms with Gasteiger partial charge in [-0.25, -0.2) is 4.98 Å². The fourth-order valence-electron chi connectivity index (χ4n) is 4.65. The fourth-order valence-corrected chi connectivity index (χ4v) is 4.65. The van der Waals surface area contributed by atoms with Crippen LogP contribution in [0.5, 0.6) is 0 Å². The molecule has 0 aliphatic carbocycles. The second-order valence-electron chi connectivity index (χ2n) is 8.36. The Hall–Kier alpha value is -3.36. The van der Waals surface area contributed by atoms with E-state index in [1.807, 2.05) is 6.07 Å². The highest BCUT2D eigenvalue weighted by Crippen LogP contribution is 2.34. The van der Waals surface area contributed by atoms with Gasteiger partial charge in [0.25, 0.3) is 11.8 Å². The number of benzene rings is 2. The van der Waals surface area contributed by atoms with Gasteiger partial charge in [-0.15, -0.1) is 0 Å². The molecule has 166 valence electrons. The average molecular weight is 442 g/mol. The molecule has 1 aromatic heterocycles. The number of hydrogen-bond acceptors (Lipinski definition) is 4. The number of aromatic nitrogens is 2. The normalized spacial score (nSPS) is 17.5. The number of anilines is 1. The minimum absolute atomic E-state index is 0.0775. The molecule has 2 aliphatic rings. The monoisotopic (exact) mass is 442 g/mol. The quantitative estimate of drug-likeness (QED) is 0.571. The molecular formula is C23H21F3N4O2. The Labute approximate surface area is 182 Å². The van der Waals surface area contributed by atoms with Crippen LogP contribution in [-0.2, 0) is 12.7 Å². The second-order valence-corrected chi connectivity index (χ2v) is 8.36. The van der Waals surface area contributed by atoms with E-state index in [0.717, 1.165) is 10.6 Å². The lowest BCUT2D eigenvalue weighted by Gasteiger charge is -2.34. The lowest BCUT2D eigenvalue weighted by Crippen LogP contribution is -2.35. The minimum Gasteiger partial charge on any atom is -0.371 e. The van der Waals surface area contributed by atoms with Crippen molar-refractivity contribution in [3.05, 3.63) is 59.4 Å². The highest BCUT2D eigenvalue weighted by Gasteiger charge is 2.38. The van der Waals surface area contributed by atoms with Gasteiger partial charge in [0.05, 0.1) is 22.2 Å². The van der Waals surface area contributed by atoms with Crippen molar-refractivity contribution in [1.29, 1.82) is 0 Å². The van der Waals surface area contributed by atoms with Gasteiger partial charge in [0.1, 0.15) is 0 Å². The van der Waals surface area contributed by atoms with Crippen LogP contribution in [0.1, 0.15) is 39.4 Å². The summed E-state index contributed by atoms with van der Waals surface area (Å²) in [5.74, 6) is -1.39. The van der Waals surface area contributed by atoms with E-state index in [1.165, 1.54) is 11.6 Å². The largest absolute Gasteiger partial charge is 0.449 e. The Morgan fingerprint density at radius 2 is 1.69 bits per heavy atom. The molecule has 0 saturated carbocycles. The van der Waals surface area contributed by atoms with Crippen molar-refractivity contribution >= 4 is 28.5 Å². The third-order valence-electron chi connectivity index (χ3n) is 6.40. The summed E-state index contributed by atoms with van der Waals surface area (Å²) in [6, 6.07) is 11.9. The van der Waals surface area contributed by atoms with Crippen LogP contribution >= 0.6 is 0 Å². The average Bonchev–Trinajstić information content (AvgIpc) is 3.26. The summed E-state index contributed by atoms with van der Waals surface area (Å²) in [4.78, 5) is 31.4. The predicted molar refractivity (Wildman–Crippen MR) is 113 cm³/mol. The molecule has 2 aromatic carbocycles. The number of nitrogens with zero attached hydrogens (tertiary/aromatic N) is 4. The number of amides is 2. The summed E-state index contributed by atoms with van der Waals surface area (Å²) in [5.41, 5.74) is 2.50. The number of para-hydroxylation sites is 2. The zero-order chi connectivity index (χ0) is 22.6. The highest BCUT2D eigenvalue weighted by molar-refractivity contribution is 6.21. The molecule has 0 spiro atoms. The topological polar surface area (TPSA) is 58.4 Å². The first-order valence-electron chi connectivity index (χ1n) is 10.5. The zero-order valence-corrected chi connectivity index (χ0v) is 17.4. The molecule has 3 heterocycles. The molecule has 0 atom stereocenters. The van der Waals surface area contributed by atoms with Gasteiger partial charge in [0.2, 0.25) is 5.82 Å². The summed E-state index contributed by atoms with van der Waals surface area (Å²) in [7, 11) is 1.46. The van der Waals surface area contributed by atoms with Gasteiger partial charge in [-0.3, -0.25) is 14.5 Å². The third-order valence-corrected chi connectivity index (χ3v) is 6.40.